The molecule has 86 valence electrons. The van der Waals surface area contributed by atoms with Gasteiger partial charge in [0.2, 0.25) is 0 Å². The molecule has 0 saturated carbocycles. The van der Waals surface area contributed by atoms with Gasteiger partial charge in [0.15, 0.2) is 0 Å². The Balaban J connectivity index is 1.89. The fraction of sp³-hybridized carbons (Fsp3) is 0.357. The Bertz CT molecular complexity index is 588. The second-order valence-corrected chi connectivity index (χ2v) is 4.97. The molecule has 0 radical (unpaired) electrons. The number of piperidine rings is 1. The van der Waals surface area contributed by atoms with Crippen LogP contribution in [0.4, 0.5) is 0 Å². The quantitative estimate of drug-likeness (QED) is 0.743. The highest BCUT2D eigenvalue weighted by Crippen LogP contribution is 2.35. The van der Waals surface area contributed by atoms with Crippen LogP contribution in [0.25, 0.3) is 16.7 Å². The van der Waals surface area contributed by atoms with Gasteiger partial charge in [0, 0.05) is 30.9 Å². The van der Waals surface area contributed by atoms with Gasteiger partial charge in [0.1, 0.15) is 6.33 Å². The van der Waals surface area contributed by atoms with Crippen LogP contribution in [0.1, 0.15) is 12.8 Å². The SMILES string of the molecule is C1=C(n2cnc3ccccc32)C2CCN1CC2. The number of imidazole rings is 1. The Morgan fingerprint density at radius 3 is 2.71 bits per heavy atom. The second-order valence-electron chi connectivity index (χ2n) is 4.97. The van der Waals surface area contributed by atoms with E-state index < -0.39 is 0 Å². The summed E-state index contributed by atoms with van der Waals surface area (Å²) in [6.07, 6.45) is 6.88. The minimum absolute atomic E-state index is 0.720. The predicted molar refractivity (Wildman–Crippen MR) is 68.3 cm³/mol. The number of para-hydroxylation sites is 2. The maximum Gasteiger partial charge on any atom is 0.100 e. The molecular weight excluding hydrogens is 210 g/mol. The summed E-state index contributed by atoms with van der Waals surface area (Å²) in [4.78, 5) is 6.92. The standard InChI is InChI=1S/C14H15N3/c1-2-4-13-12(3-1)15-10-17(13)14-9-16-7-5-11(14)6-8-16/h1-4,9-11H,5-8H2. The van der Waals surface area contributed by atoms with Crippen molar-refractivity contribution in [3.05, 3.63) is 36.8 Å². The van der Waals surface area contributed by atoms with Gasteiger partial charge in [-0.15, -0.1) is 0 Å². The summed E-state index contributed by atoms with van der Waals surface area (Å²) >= 11 is 0. The van der Waals surface area contributed by atoms with Crippen molar-refractivity contribution in [1.82, 2.24) is 14.5 Å². The number of benzene rings is 1. The Labute approximate surface area is 100 Å². The molecule has 1 fully saturated rings. The average Bonchev–Trinajstić information content (AvgIpc) is 2.84. The van der Waals surface area contributed by atoms with Crippen molar-refractivity contribution in [3.63, 3.8) is 0 Å². The molecule has 1 aromatic heterocycles. The summed E-state index contributed by atoms with van der Waals surface area (Å²) in [7, 11) is 0. The molecular formula is C14H15N3. The molecule has 3 aliphatic heterocycles. The number of fused-ring (bicyclic) bond motifs is 3. The minimum atomic E-state index is 0.720. The van der Waals surface area contributed by atoms with Gasteiger partial charge in [0.05, 0.1) is 11.0 Å². The van der Waals surface area contributed by atoms with Crippen LogP contribution >= 0.6 is 0 Å². The van der Waals surface area contributed by atoms with E-state index in [1.54, 1.807) is 0 Å². The van der Waals surface area contributed by atoms with Crippen LogP contribution < -0.4 is 0 Å². The van der Waals surface area contributed by atoms with E-state index in [1.807, 2.05) is 12.4 Å². The molecule has 0 spiro atoms. The van der Waals surface area contributed by atoms with Crippen LogP contribution in [0.2, 0.25) is 0 Å². The van der Waals surface area contributed by atoms with Crippen molar-refractivity contribution in [2.45, 2.75) is 12.8 Å². The van der Waals surface area contributed by atoms with Crippen LogP contribution in [0.3, 0.4) is 0 Å². The first kappa shape index (κ1) is 9.28. The van der Waals surface area contributed by atoms with Crippen molar-refractivity contribution < 1.29 is 0 Å². The molecule has 5 rings (SSSR count). The maximum atomic E-state index is 4.48. The third-order valence-corrected chi connectivity index (χ3v) is 3.99. The van der Waals surface area contributed by atoms with E-state index in [2.05, 4.69) is 38.9 Å². The van der Waals surface area contributed by atoms with Crippen molar-refractivity contribution >= 4 is 16.7 Å². The van der Waals surface area contributed by atoms with Gasteiger partial charge in [-0.1, -0.05) is 12.1 Å². The summed E-state index contributed by atoms with van der Waals surface area (Å²) in [6, 6.07) is 8.36. The Morgan fingerprint density at radius 1 is 1.12 bits per heavy atom. The summed E-state index contributed by atoms with van der Waals surface area (Å²) in [5, 5.41) is 0. The van der Waals surface area contributed by atoms with Crippen LogP contribution in [-0.2, 0) is 0 Å². The highest BCUT2D eigenvalue weighted by atomic mass is 15.2. The summed E-state index contributed by atoms with van der Waals surface area (Å²) in [6.45, 7) is 2.45. The lowest BCUT2D eigenvalue weighted by Crippen LogP contribution is -2.36. The average molecular weight is 225 g/mol. The predicted octanol–water partition coefficient (Wildman–Crippen LogP) is 2.56. The number of allylic oxidation sites excluding steroid dienone is 1. The van der Waals surface area contributed by atoms with Gasteiger partial charge in [-0.25, -0.2) is 4.98 Å². The number of rotatable bonds is 1. The maximum absolute atomic E-state index is 4.48. The fourth-order valence-corrected chi connectivity index (χ4v) is 3.04. The molecule has 3 nitrogen and oxygen atoms in total. The first-order valence-corrected chi connectivity index (χ1v) is 6.30. The lowest BCUT2D eigenvalue weighted by Gasteiger charge is -2.39. The summed E-state index contributed by atoms with van der Waals surface area (Å²) in [5.74, 6) is 0.720. The van der Waals surface area contributed by atoms with Crippen molar-refractivity contribution in [2.24, 2.45) is 5.92 Å². The highest BCUT2D eigenvalue weighted by Gasteiger charge is 2.28. The summed E-state index contributed by atoms with van der Waals surface area (Å²) < 4.78 is 2.27. The molecule has 0 N–H and O–H groups in total. The molecule has 4 heterocycles. The van der Waals surface area contributed by atoms with Gasteiger partial charge < -0.3 is 9.47 Å². The van der Waals surface area contributed by atoms with Crippen LogP contribution in [0.5, 0.6) is 0 Å². The van der Waals surface area contributed by atoms with Gasteiger partial charge >= 0.3 is 0 Å². The summed E-state index contributed by atoms with van der Waals surface area (Å²) in [5.41, 5.74) is 3.74. The van der Waals surface area contributed by atoms with Gasteiger partial charge in [-0.3, -0.25) is 0 Å². The number of hydrogen-bond acceptors (Lipinski definition) is 2. The zero-order chi connectivity index (χ0) is 11.2. The molecule has 2 aromatic rings. The minimum Gasteiger partial charge on any atom is -0.376 e. The van der Waals surface area contributed by atoms with Crippen molar-refractivity contribution in [3.8, 4) is 0 Å². The van der Waals surface area contributed by atoms with Gasteiger partial charge in [-0.2, -0.15) is 0 Å². The van der Waals surface area contributed by atoms with Crippen LogP contribution in [-0.4, -0.2) is 27.5 Å². The lowest BCUT2D eigenvalue weighted by molar-refractivity contribution is 0.246. The van der Waals surface area contributed by atoms with E-state index in [1.165, 1.54) is 37.1 Å². The third-order valence-electron chi connectivity index (χ3n) is 3.99. The third kappa shape index (κ3) is 1.32. The smallest absolute Gasteiger partial charge is 0.100 e. The Kier molecular flexibility index (Phi) is 1.83. The normalized spacial score (nSPS) is 20.0. The largest absolute Gasteiger partial charge is 0.376 e. The number of hydrogen-bond donors (Lipinski definition) is 0. The highest BCUT2D eigenvalue weighted by molar-refractivity contribution is 5.79. The van der Waals surface area contributed by atoms with Crippen molar-refractivity contribution in [1.29, 1.82) is 0 Å². The lowest BCUT2D eigenvalue weighted by atomic mass is 9.90. The molecule has 3 aliphatic rings. The van der Waals surface area contributed by atoms with E-state index in [0.29, 0.717) is 0 Å². The number of nitrogens with zero attached hydrogens (tertiary/aromatic N) is 3. The van der Waals surface area contributed by atoms with Gasteiger partial charge in [0.25, 0.3) is 0 Å². The molecule has 1 saturated heterocycles. The van der Waals surface area contributed by atoms with Crippen molar-refractivity contribution in [2.75, 3.05) is 13.1 Å². The molecule has 0 unspecified atom stereocenters. The Hall–Kier alpha value is -1.77. The molecule has 17 heavy (non-hydrogen) atoms. The fourth-order valence-electron chi connectivity index (χ4n) is 3.04. The second kappa shape index (κ2) is 3.36. The monoisotopic (exact) mass is 225 g/mol. The first-order chi connectivity index (χ1) is 8.42. The molecule has 0 amide bonds. The topological polar surface area (TPSA) is 21.1 Å². The molecule has 0 atom stereocenters. The zero-order valence-corrected chi connectivity index (χ0v) is 9.71. The molecule has 0 aliphatic carbocycles. The number of aromatic nitrogens is 2. The molecule has 3 heteroatoms. The van der Waals surface area contributed by atoms with E-state index in [9.17, 15) is 0 Å². The Morgan fingerprint density at radius 2 is 1.94 bits per heavy atom. The van der Waals surface area contributed by atoms with E-state index in [4.69, 9.17) is 0 Å². The van der Waals surface area contributed by atoms with E-state index in [-0.39, 0.29) is 0 Å². The van der Waals surface area contributed by atoms with Crippen LogP contribution in [0, 0.1) is 5.92 Å². The first-order valence-electron chi connectivity index (χ1n) is 6.30. The zero-order valence-electron chi connectivity index (χ0n) is 9.71. The van der Waals surface area contributed by atoms with Crippen LogP contribution in [0.15, 0.2) is 36.8 Å². The van der Waals surface area contributed by atoms with E-state index >= 15 is 0 Å². The molecule has 2 bridgehead atoms. The van der Waals surface area contributed by atoms with E-state index in [0.717, 1.165) is 11.4 Å². The van der Waals surface area contributed by atoms with Gasteiger partial charge in [-0.05, 0) is 25.0 Å². The molecule has 1 aromatic carbocycles.